The molecule has 0 amide bonds. The molecule has 0 saturated heterocycles. The number of unbranched alkanes of at least 4 members (excludes halogenated alkanes) is 1. The van der Waals surface area contributed by atoms with Crippen molar-refractivity contribution in [1.82, 2.24) is 5.32 Å². The Labute approximate surface area is 87.5 Å². The summed E-state index contributed by atoms with van der Waals surface area (Å²) in [5, 5.41) is 21.5. The van der Waals surface area contributed by atoms with E-state index in [9.17, 15) is 0 Å². The smallest absolute Gasteiger partial charge is 0.0518 e. The lowest BCUT2D eigenvalue weighted by molar-refractivity contribution is 0.0675. The molecule has 86 valence electrons. The summed E-state index contributed by atoms with van der Waals surface area (Å²) >= 11 is 0. The van der Waals surface area contributed by atoms with E-state index in [0.29, 0.717) is 12.6 Å². The van der Waals surface area contributed by atoms with Gasteiger partial charge in [0.1, 0.15) is 0 Å². The van der Waals surface area contributed by atoms with Crippen LogP contribution in [0.5, 0.6) is 0 Å². The van der Waals surface area contributed by atoms with Crippen LogP contribution in [0.15, 0.2) is 0 Å². The first-order chi connectivity index (χ1) is 6.58. The Hall–Kier alpha value is -0.120. The van der Waals surface area contributed by atoms with Crippen molar-refractivity contribution in [2.45, 2.75) is 46.1 Å². The van der Waals surface area contributed by atoms with E-state index in [1.807, 2.05) is 6.92 Å². The molecule has 0 aromatic heterocycles. The molecule has 0 spiro atoms. The number of nitrogens with one attached hydrogen (secondary N) is 1. The van der Waals surface area contributed by atoms with Crippen LogP contribution >= 0.6 is 0 Å². The summed E-state index contributed by atoms with van der Waals surface area (Å²) in [4.78, 5) is 0. The molecule has 0 aliphatic carbocycles. The number of hydrogen-bond donors (Lipinski definition) is 3. The van der Waals surface area contributed by atoms with Crippen LogP contribution in [0.25, 0.3) is 0 Å². The van der Waals surface area contributed by atoms with Gasteiger partial charge in [0.25, 0.3) is 0 Å². The predicted octanol–water partition coefficient (Wildman–Crippen LogP) is 1.15. The van der Waals surface area contributed by atoms with Gasteiger partial charge in [-0.05, 0) is 13.3 Å². The summed E-state index contributed by atoms with van der Waals surface area (Å²) < 4.78 is 0. The summed E-state index contributed by atoms with van der Waals surface area (Å²) in [7, 11) is 0. The predicted molar refractivity (Wildman–Crippen MR) is 59.3 cm³/mol. The second kappa shape index (κ2) is 7.21. The van der Waals surface area contributed by atoms with Crippen molar-refractivity contribution < 1.29 is 10.2 Å². The van der Waals surface area contributed by atoms with Gasteiger partial charge in [0, 0.05) is 18.0 Å². The minimum atomic E-state index is -0.388. The van der Waals surface area contributed by atoms with Crippen molar-refractivity contribution >= 4 is 0 Å². The van der Waals surface area contributed by atoms with E-state index in [0.717, 1.165) is 6.42 Å². The number of aliphatic hydroxyl groups excluding tert-OH is 2. The van der Waals surface area contributed by atoms with Crippen molar-refractivity contribution in [3.05, 3.63) is 0 Å². The highest BCUT2D eigenvalue weighted by Gasteiger charge is 2.22. The number of rotatable bonds is 8. The Morgan fingerprint density at radius 3 is 2.29 bits per heavy atom. The molecule has 0 heterocycles. The maximum absolute atomic E-state index is 9.07. The normalized spacial score (nSPS) is 14.4. The molecular formula is C11H25NO2. The summed E-state index contributed by atoms with van der Waals surface area (Å²) in [5.41, 5.74) is -0.388. The SMILES string of the molecule is CCCCC(C)NCC(C)(CO)CO. The van der Waals surface area contributed by atoms with E-state index < -0.39 is 0 Å². The first-order valence-electron chi connectivity index (χ1n) is 5.53. The molecule has 0 aromatic rings. The first kappa shape index (κ1) is 13.9. The van der Waals surface area contributed by atoms with Gasteiger partial charge in [-0.1, -0.05) is 26.7 Å². The Balaban J connectivity index is 3.68. The lowest BCUT2D eigenvalue weighted by atomic mass is 9.92. The maximum atomic E-state index is 9.07. The molecule has 3 nitrogen and oxygen atoms in total. The zero-order valence-corrected chi connectivity index (χ0v) is 9.71. The van der Waals surface area contributed by atoms with E-state index in [-0.39, 0.29) is 18.6 Å². The Morgan fingerprint density at radius 1 is 1.29 bits per heavy atom. The van der Waals surface area contributed by atoms with Crippen LogP contribution in [0.2, 0.25) is 0 Å². The molecule has 0 aromatic carbocycles. The molecule has 0 saturated carbocycles. The third kappa shape index (κ3) is 5.58. The van der Waals surface area contributed by atoms with Gasteiger partial charge in [0.05, 0.1) is 13.2 Å². The fourth-order valence-electron chi connectivity index (χ4n) is 1.19. The average Bonchev–Trinajstić information content (AvgIpc) is 2.23. The second-order valence-corrected chi connectivity index (χ2v) is 4.55. The molecule has 1 unspecified atom stereocenters. The van der Waals surface area contributed by atoms with Gasteiger partial charge < -0.3 is 15.5 Å². The second-order valence-electron chi connectivity index (χ2n) is 4.55. The lowest BCUT2D eigenvalue weighted by Gasteiger charge is -2.27. The van der Waals surface area contributed by atoms with Crippen LogP contribution in [0, 0.1) is 5.41 Å². The minimum absolute atomic E-state index is 0.0248. The molecule has 1 atom stereocenters. The van der Waals surface area contributed by atoms with Crippen LogP contribution in [-0.2, 0) is 0 Å². The quantitative estimate of drug-likeness (QED) is 0.554. The van der Waals surface area contributed by atoms with Gasteiger partial charge >= 0.3 is 0 Å². The van der Waals surface area contributed by atoms with Crippen molar-refractivity contribution in [3.8, 4) is 0 Å². The lowest BCUT2D eigenvalue weighted by Crippen LogP contribution is -2.41. The Kier molecular flexibility index (Phi) is 7.15. The third-order valence-electron chi connectivity index (χ3n) is 2.63. The summed E-state index contributed by atoms with van der Waals surface area (Å²) in [6.07, 6.45) is 3.59. The molecule has 0 aliphatic heterocycles. The van der Waals surface area contributed by atoms with Crippen molar-refractivity contribution in [2.75, 3.05) is 19.8 Å². The van der Waals surface area contributed by atoms with Crippen molar-refractivity contribution in [1.29, 1.82) is 0 Å². The summed E-state index contributed by atoms with van der Waals surface area (Å²) in [6, 6.07) is 0.465. The fraction of sp³-hybridized carbons (Fsp3) is 1.00. The molecule has 14 heavy (non-hydrogen) atoms. The van der Waals surface area contributed by atoms with Crippen molar-refractivity contribution in [3.63, 3.8) is 0 Å². The molecular weight excluding hydrogens is 178 g/mol. The van der Waals surface area contributed by atoms with Gasteiger partial charge in [-0.2, -0.15) is 0 Å². The molecule has 0 radical (unpaired) electrons. The monoisotopic (exact) mass is 203 g/mol. The number of aliphatic hydroxyl groups is 2. The van der Waals surface area contributed by atoms with Crippen LogP contribution in [-0.4, -0.2) is 36.0 Å². The van der Waals surface area contributed by atoms with E-state index in [4.69, 9.17) is 10.2 Å². The zero-order chi connectivity index (χ0) is 11.0. The van der Waals surface area contributed by atoms with Crippen LogP contribution in [0.4, 0.5) is 0 Å². The van der Waals surface area contributed by atoms with E-state index in [2.05, 4.69) is 19.2 Å². The molecule has 3 N–H and O–H groups in total. The van der Waals surface area contributed by atoms with Gasteiger partial charge in [-0.25, -0.2) is 0 Å². The van der Waals surface area contributed by atoms with Crippen LogP contribution < -0.4 is 5.32 Å². The Morgan fingerprint density at radius 2 is 1.86 bits per heavy atom. The van der Waals surface area contributed by atoms with Gasteiger partial charge in [-0.3, -0.25) is 0 Å². The van der Waals surface area contributed by atoms with Gasteiger partial charge in [-0.15, -0.1) is 0 Å². The third-order valence-corrected chi connectivity index (χ3v) is 2.63. The Bertz CT molecular complexity index is 135. The number of hydrogen-bond acceptors (Lipinski definition) is 3. The highest BCUT2D eigenvalue weighted by atomic mass is 16.3. The molecule has 0 aliphatic rings. The topological polar surface area (TPSA) is 52.5 Å². The van der Waals surface area contributed by atoms with Crippen LogP contribution in [0.3, 0.4) is 0 Å². The molecule has 0 bridgehead atoms. The highest BCUT2D eigenvalue weighted by molar-refractivity contribution is 4.76. The van der Waals surface area contributed by atoms with Crippen molar-refractivity contribution in [2.24, 2.45) is 5.41 Å². The van der Waals surface area contributed by atoms with E-state index >= 15 is 0 Å². The van der Waals surface area contributed by atoms with Crippen LogP contribution in [0.1, 0.15) is 40.0 Å². The van der Waals surface area contributed by atoms with E-state index in [1.54, 1.807) is 0 Å². The summed E-state index contributed by atoms with van der Waals surface area (Å²) in [6.45, 7) is 6.93. The van der Waals surface area contributed by atoms with E-state index in [1.165, 1.54) is 12.8 Å². The summed E-state index contributed by atoms with van der Waals surface area (Å²) in [5.74, 6) is 0. The largest absolute Gasteiger partial charge is 0.396 e. The van der Waals surface area contributed by atoms with Gasteiger partial charge in [0.2, 0.25) is 0 Å². The average molecular weight is 203 g/mol. The molecule has 0 fully saturated rings. The molecule has 0 rings (SSSR count). The van der Waals surface area contributed by atoms with Gasteiger partial charge in [0.15, 0.2) is 0 Å². The first-order valence-corrected chi connectivity index (χ1v) is 5.53. The highest BCUT2D eigenvalue weighted by Crippen LogP contribution is 2.13. The standard InChI is InChI=1S/C11H25NO2/c1-4-5-6-10(2)12-7-11(3,8-13)9-14/h10,12-14H,4-9H2,1-3H3. The zero-order valence-electron chi connectivity index (χ0n) is 9.71. The minimum Gasteiger partial charge on any atom is -0.396 e. The maximum Gasteiger partial charge on any atom is 0.0518 e. The molecule has 3 heteroatoms. The fourth-order valence-corrected chi connectivity index (χ4v) is 1.19.